The van der Waals surface area contributed by atoms with Crippen molar-refractivity contribution < 1.29 is 43.9 Å². The van der Waals surface area contributed by atoms with E-state index in [9.17, 15) is 24.9 Å². The zero-order valence-corrected chi connectivity index (χ0v) is 29.3. The molecule has 3 aliphatic rings. The number of nitrogens with zero attached hydrogens (tertiary/aromatic N) is 1. The van der Waals surface area contributed by atoms with E-state index < -0.39 is 36.0 Å². The van der Waals surface area contributed by atoms with Crippen LogP contribution in [0.2, 0.25) is 0 Å². The molecule has 2 saturated heterocycles. The van der Waals surface area contributed by atoms with Gasteiger partial charge in [-0.15, -0.1) is 0 Å². The minimum atomic E-state index is -1.47. The van der Waals surface area contributed by atoms with E-state index in [1.54, 1.807) is 19.1 Å². The third-order valence-electron chi connectivity index (χ3n) is 9.60. The van der Waals surface area contributed by atoms with E-state index in [1.807, 2.05) is 39.8 Å². The number of morpholine rings is 1. The lowest BCUT2D eigenvalue weighted by molar-refractivity contribution is -0.151. The van der Waals surface area contributed by atoms with Gasteiger partial charge in [0.15, 0.2) is 6.10 Å². The summed E-state index contributed by atoms with van der Waals surface area (Å²) < 4.78 is 22.8. The molecule has 1 amide bonds. The van der Waals surface area contributed by atoms with Gasteiger partial charge in [-0.05, 0) is 70.1 Å². The number of ether oxygens (including phenoxy) is 4. The molecule has 3 aliphatic heterocycles. The Hall–Kier alpha value is -2.28. The minimum absolute atomic E-state index is 0.0942. The molecule has 0 saturated carbocycles. The van der Waals surface area contributed by atoms with Gasteiger partial charge in [0.05, 0.1) is 44.1 Å². The second kappa shape index (κ2) is 19.0. The number of carbonyl (C=O) groups excluding carboxylic acids is 2. The highest BCUT2D eigenvalue weighted by Crippen LogP contribution is 2.36. The maximum absolute atomic E-state index is 12.8. The zero-order chi connectivity index (χ0) is 34.6. The molecule has 0 spiro atoms. The monoisotopic (exact) mass is 664 g/mol. The van der Waals surface area contributed by atoms with Crippen molar-refractivity contribution in [3.05, 3.63) is 36.0 Å². The first-order valence-corrected chi connectivity index (χ1v) is 17.5. The Labute approximate surface area is 281 Å². The molecule has 10 unspecified atom stereocenters. The maximum atomic E-state index is 12.8. The van der Waals surface area contributed by atoms with E-state index >= 15 is 0 Å². The predicted molar refractivity (Wildman–Crippen MR) is 180 cm³/mol. The highest BCUT2D eigenvalue weighted by Gasteiger charge is 2.45. The fourth-order valence-electron chi connectivity index (χ4n) is 6.26. The molecule has 268 valence electrons. The van der Waals surface area contributed by atoms with Crippen LogP contribution in [0, 0.1) is 17.8 Å². The smallest absolute Gasteiger partial charge is 0.407 e. The van der Waals surface area contributed by atoms with Crippen LogP contribution >= 0.6 is 0 Å². The van der Waals surface area contributed by atoms with Gasteiger partial charge in [-0.3, -0.25) is 9.69 Å². The van der Waals surface area contributed by atoms with Crippen molar-refractivity contribution in [3.8, 4) is 0 Å². The average Bonchev–Trinajstić information content (AvgIpc) is 3.80. The van der Waals surface area contributed by atoms with Crippen LogP contribution in [0.4, 0.5) is 4.79 Å². The number of allylic oxidation sites excluding steroid dienone is 3. The van der Waals surface area contributed by atoms with Gasteiger partial charge in [0.1, 0.15) is 11.7 Å². The normalized spacial score (nSPS) is 34.0. The molecular formula is C36H60N2O9. The number of nitrogens with one attached hydrogen (secondary N) is 1. The van der Waals surface area contributed by atoms with E-state index in [1.165, 1.54) is 0 Å². The van der Waals surface area contributed by atoms with E-state index in [2.05, 4.69) is 23.2 Å². The van der Waals surface area contributed by atoms with Crippen molar-refractivity contribution in [1.29, 1.82) is 0 Å². The predicted octanol–water partition coefficient (Wildman–Crippen LogP) is 3.91. The van der Waals surface area contributed by atoms with Crippen LogP contribution in [0.3, 0.4) is 0 Å². The van der Waals surface area contributed by atoms with Gasteiger partial charge in [-0.25, -0.2) is 4.79 Å². The molecule has 0 aromatic rings. The summed E-state index contributed by atoms with van der Waals surface area (Å²) in [5, 5.41) is 34.8. The van der Waals surface area contributed by atoms with Crippen LogP contribution in [0.1, 0.15) is 80.1 Å². The molecule has 0 bridgehead atoms. The van der Waals surface area contributed by atoms with Gasteiger partial charge in [0.25, 0.3) is 0 Å². The molecule has 11 heteroatoms. The quantitative estimate of drug-likeness (QED) is 0.0751. The Morgan fingerprint density at radius 2 is 1.98 bits per heavy atom. The van der Waals surface area contributed by atoms with E-state index in [0.717, 1.165) is 51.3 Å². The summed E-state index contributed by atoms with van der Waals surface area (Å²) in [5.74, 6) is -0.473. The van der Waals surface area contributed by atoms with Crippen molar-refractivity contribution in [2.45, 2.75) is 122 Å². The second-order valence-electron chi connectivity index (χ2n) is 14.0. The Bertz CT molecular complexity index is 1070. The number of carbonyl (C=O) groups is 2. The number of rotatable bonds is 13. The molecule has 3 rings (SSSR count). The lowest BCUT2D eigenvalue weighted by Gasteiger charge is -2.32. The van der Waals surface area contributed by atoms with Gasteiger partial charge in [0.2, 0.25) is 0 Å². The van der Waals surface area contributed by atoms with E-state index in [0.29, 0.717) is 13.0 Å². The van der Waals surface area contributed by atoms with Crippen molar-refractivity contribution in [1.82, 2.24) is 10.2 Å². The van der Waals surface area contributed by atoms with Gasteiger partial charge in [-0.1, -0.05) is 52.0 Å². The number of epoxide rings is 1. The van der Waals surface area contributed by atoms with E-state index in [-0.39, 0.29) is 55.3 Å². The second-order valence-corrected chi connectivity index (χ2v) is 14.0. The summed E-state index contributed by atoms with van der Waals surface area (Å²) in [6.45, 7) is 16.0. The van der Waals surface area contributed by atoms with Gasteiger partial charge >= 0.3 is 12.1 Å². The number of aliphatic hydroxyl groups is 3. The van der Waals surface area contributed by atoms with Gasteiger partial charge < -0.3 is 39.6 Å². The lowest BCUT2D eigenvalue weighted by Crippen LogP contribution is -2.44. The fraction of sp³-hybridized carbons (Fsp3) is 0.778. The maximum Gasteiger partial charge on any atom is 0.407 e. The molecule has 0 aliphatic carbocycles. The first-order valence-electron chi connectivity index (χ1n) is 17.5. The number of cyclic esters (lactones) is 1. The molecule has 47 heavy (non-hydrogen) atoms. The summed E-state index contributed by atoms with van der Waals surface area (Å²) in [4.78, 5) is 27.9. The van der Waals surface area contributed by atoms with Crippen LogP contribution in [0.15, 0.2) is 36.0 Å². The molecule has 2 fully saturated rings. The van der Waals surface area contributed by atoms with Crippen LogP contribution < -0.4 is 5.32 Å². The number of alkyl carbamates (subject to hydrolysis) is 1. The Morgan fingerprint density at radius 1 is 1.26 bits per heavy atom. The Balaban J connectivity index is 1.63. The molecular weight excluding hydrogens is 604 g/mol. The molecule has 0 aromatic carbocycles. The van der Waals surface area contributed by atoms with Crippen molar-refractivity contribution in [3.63, 3.8) is 0 Å². The van der Waals surface area contributed by atoms with Crippen LogP contribution in [0.5, 0.6) is 0 Å². The van der Waals surface area contributed by atoms with E-state index in [4.69, 9.17) is 18.9 Å². The van der Waals surface area contributed by atoms with Gasteiger partial charge in [0, 0.05) is 31.5 Å². The highest BCUT2D eigenvalue weighted by molar-refractivity contribution is 5.70. The van der Waals surface area contributed by atoms with Crippen LogP contribution in [-0.2, 0) is 23.7 Å². The number of amides is 1. The molecule has 10 atom stereocenters. The first-order chi connectivity index (χ1) is 22.3. The topological polar surface area (TPSA) is 150 Å². The summed E-state index contributed by atoms with van der Waals surface area (Å²) in [6, 6.07) is 0. The van der Waals surface area contributed by atoms with Crippen LogP contribution in [-0.4, -0.2) is 114 Å². The summed E-state index contributed by atoms with van der Waals surface area (Å²) in [5.41, 5.74) is -0.658. The Morgan fingerprint density at radius 3 is 2.68 bits per heavy atom. The molecule has 0 radical (unpaired) electrons. The fourth-order valence-corrected chi connectivity index (χ4v) is 6.26. The van der Waals surface area contributed by atoms with Crippen molar-refractivity contribution in [2.24, 2.45) is 17.8 Å². The standard InChI is InChI=1S/C36H60N2O9/c1-7-29(40)27(5)34-30(45-34)22-24(2)10-8-11-25(3)33-26(4)12-13-31(36(6,43)15-14-28(39)23-32(41)47-33)46-35(42)37-16-9-17-38-18-20-44-21-19-38/h8,10-13,24,26-31,33-34,39-40,43H,7,9,14-23H2,1-6H3,(H,37,42)/b10-8+,13-12-,25-11+. The number of aliphatic hydroxyl groups excluding tert-OH is 2. The Kier molecular flexibility index (Phi) is 15.9. The summed E-state index contributed by atoms with van der Waals surface area (Å²) in [7, 11) is 0. The third-order valence-corrected chi connectivity index (χ3v) is 9.60. The van der Waals surface area contributed by atoms with Crippen molar-refractivity contribution >= 4 is 12.1 Å². The zero-order valence-electron chi connectivity index (χ0n) is 29.3. The first kappa shape index (κ1) is 39.2. The molecule has 11 nitrogen and oxygen atoms in total. The van der Waals surface area contributed by atoms with Crippen molar-refractivity contribution in [2.75, 3.05) is 39.4 Å². The average molecular weight is 665 g/mol. The largest absolute Gasteiger partial charge is 0.457 e. The summed E-state index contributed by atoms with van der Waals surface area (Å²) >= 11 is 0. The molecule has 4 N–H and O–H groups in total. The molecule has 3 heterocycles. The number of hydrogen-bond acceptors (Lipinski definition) is 10. The lowest BCUT2D eigenvalue weighted by atomic mass is 9.88. The van der Waals surface area contributed by atoms with Crippen LogP contribution in [0.25, 0.3) is 0 Å². The third kappa shape index (κ3) is 13.3. The number of esters is 1. The van der Waals surface area contributed by atoms with Gasteiger partial charge in [-0.2, -0.15) is 0 Å². The summed E-state index contributed by atoms with van der Waals surface area (Å²) in [6.07, 6.45) is 8.44. The SMILES string of the molecule is CCC(O)C(C)C1OC1CC(C)/C=C/C=C(\C)C1OC(=O)CC(O)CCC(C)(O)C(OC(=O)NCCCN2CCOCC2)/C=C\C1C. The minimum Gasteiger partial charge on any atom is -0.457 e. The molecule has 0 aromatic heterocycles. The highest BCUT2D eigenvalue weighted by atomic mass is 16.6. The number of hydrogen-bond donors (Lipinski definition) is 4.